The maximum absolute atomic E-state index is 12.2. The highest BCUT2D eigenvalue weighted by Crippen LogP contribution is 2.40. The summed E-state index contributed by atoms with van der Waals surface area (Å²) in [4.78, 5) is 31.9. The minimum absolute atomic E-state index is 0.0782. The highest BCUT2D eigenvalue weighted by atomic mass is 32.1. The number of anilines is 1. The molecule has 1 aromatic rings. The summed E-state index contributed by atoms with van der Waals surface area (Å²) in [6, 6.07) is -0.282. The van der Waals surface area contributed by atoms with Crippen molar-refractivity contribution in [2.24, 2.45) is 5.41 Å². The largest absolute Gasteiger partial charge is 0.371 e. The number of likely N-dealkylation sites (N-methyl/N-ethyl adjacent to an activating group) is 1. The van der Waals surface area contributed by atoms with Crippen molar-refractivity contribution >= 4 is 28.3 Å². The van der Waals surface area contributed by atoms with E-state index in [1.165, 1.54) is 21.1 Å². The normalized spacial score (nSPS) is 25.3. The molecule has 1 aliphatic carbocycles. The van der Waals surface area contributed by atoms with Crippen LogP contribution in [0.3, 0.4) is 0 Å². The van der Waals surface area contributed by atoms with Crippen molar-refractivity contribution < 1.29 is 14.7 Å². The van der Waals surface area contributed by atoms with E-state index in [1.807, 2.05) is 13.8 Å². The van der Waals surface area contributed by atoms with Crippen LogP contribution in [0.5, 0.6) is 0 Å². The minimum Gasteiger partial charge on any atom is -0.371 e. The Hall–Kier alpha value is -1.47. The quantitative estimate of drug-likeness (QED) is 0.852. The molecule has 1 saturated heterocycles. The first-order valence-corrected chi connectivity index (χ1v) is 7.35. The number of aliphatic hydroxyl groups excluding tert-OH is 1. The lowest BCUT2D eigenvalue weighted by atomic mass is 9.78. The number of amides is 2. The number of Topliss-reactive ketones (excluding diaryl/α,β-unsaturated/α-hetero) is 1. The molecule has 0 spiro atoms. The molecular formula is C13H17N3O3S. The second-order valence-electron chi connectivity index (χ2n) is 6.23. The number of aromatic nitrogens is 1. The number of rotatable bonds is 1. The Morgan fingerprint density at radius 1 is 1.35 bits per heavy atom. The fourth-order valence-electron chi connectivity index (χ4n) is 2.74. The maximum atomic E-state index is 12.2. The van der Waals surface area contributed by atoms with E-state index in [1.54, 1.807) is 7.05 Å². The van der Waals surface area contributed by atoms with Gasteiger partial charge in [0.1, 0.15) is 0 Å². The van der Waals surface area contributed by atoms with Gasteiger partial charge in [-0.25, -0.2) is 14.7 Å². The number of fused-ring (bicyclic) bond motifs is 1. The third-order valence-corrected chi connectivity index (χ3v) is 4.84. The Bertz CT molecular complexity index is 596. The second-order valence-corrected chi connectivity index (χ2v) is 7.20. The third kappa shape index (κ3) is 2.01. The van der Waals surface area contributed by atoms with Gasteiger partial charge < -0.3 is 10.0 Å². The molecule has 1 N–H and O–H groups in total. The number of carbonyl (C=O) groups is 2. The molecule has 1 aromatic heterocycles. The van der Waals surface area contributed by atoms with Gasteiger partial charge in [0.05, 0.1) is 17.1 Å². The van der Waals surface area contributed by atoms with Crippen LogP contribution in [-0.4, -0.2) is 46.6 Å². The predicted octanol–water partition coefficient (Wildman–Crippen LogP) is 1.49. The summed E-state index contributed by atoms with van der Waals surface area (Å²) in [6.45, 7) is 4.33. The highest BCUT2D eigenvalue weighted by Gasteiger charge is 2.40. The Morgan fingerprint density at radius 2 is 2.05 bits per heavy atom. The molecule has 1 atom stereocenters. The van der Waals surface area contributed by atoms with Gasteiger partial charge >= 0.3 is 6.03 Å². The van der Waals surface area contributed by atoms with Crippen molar-refractivity contribution in [3.8, 4) is 0 Å². The smallest absolute Gasteiger partial charge is 0.328 e. The molecule has 108 valence electrons. The van der Waals surface area contributed by atoms with Crippen LogP contribution in [0.2, 0.25) is 0 Å². The topological polar surface area (TPSA) is 73.7 Å². The summed E-state index contributed by atoms with van der Waals surface area (Å²) in [5.74, 6) is 0.0782. The van der Waals surface area contributed by atoms with Gasteiger partial charge in [0, 0.05) is 13.5 Å². The summed E-state index contributed by atoms with van der Waals surface area (Å²) in [6.07, 6.45) is 0.319. The van der Waals surface area contributed by atoms with E-state index >= 15 is 0 Å². The van der Waals surface area contributed by atoms with E-state index in [9.17, 15) is 14.7 Å². The van der Waals surface area contributed by atoms with Gasteiger partial charge in [0.2, 0.25) is 0 Å². The number of hydrogen-bond donors (Lipinski definition) is 1. The SMILES string of the molecule is CN1CC(O)N(c2nc3c(s2)C(=O)CC(C)(C)C3)C1=O. The van der Waals surface area contributed by atoms with Crippen LogP contribution in [0, 0.1) is 5.41 Å². The Labute approximate surface area is 121 Å². The number of nitrogens with zero attached hydrogens (tertiary/aromatic N) is 3. The van der Waals surface area contributed by atoms with E-state index in [0.717, 1.165) is 12.1 Å². The summed E-state index contributed by atoms with van der Waals surface area (Å²) in [7, 11) is 1.63. The van der Waals surface area contributed by atoms with Crippen molar-refractivity contribution in [3.63, 3.8) is 0 Å². The zero-order chi connectivity index (χ0) is 14.7. The summed E-state index contributed by atoms with van der Waals surface area (Å²) < 4.78 is 0. The van der Waals surface area contributed by atoms with Crippen LogP contribution in [0.1, 0.15) is 35.6 Å². The summed E-state index contributed by atoms with van der Waals surface area (Å²) in [5, 5.41) is 10.4. The third-order valence-electron chi connectivity index (χ3n) is 3.70. The van der Waals surface area contributed by atoms with E-state index < -0.39 is 6.23 Å². The van der Waals surface area contributed by atoms with Gasteiger partial charge in [0.25, 0.3) is 0 Å². The number of thiazole rings is 1. The molecule has 2 aliphatic rings. The van der Waals surface area contributed by atoms with Gasteiger partial charge in [-0.1, -0.05) is 25.2 Å². The molecule has 0 radical (unpaired) electrons. The molecule has 0 bridgehead atoms. The van der Waals surface area contributed by atoms with Crippen molar-refractivity contribution in [2.75, 3.05) is 18.5 Å². The molecule has 1 aliphatic heterocycles. The van der Waals surface area contributed by atoms with Crippen LogP contribution >= 0.6 is 11.3 Å². The lowest BCUT2D eigenvalue weighted by molar-refractivity contribution is 0.0916. The van der Waals surface area contributed by atoms with Gasteiger partial charge in [0.15, 0.2) is 17.1 Å². The number of carbonyl (C=O) groups excluding carboxylic acids is 2. The molecule has 6 nitrogen and oxygen atoms in total. The molecule has 0 saturated carbocycles. The second kappa shape index (κ2) is 4.26. The first-order valence-electron chi connectivity index (χ1n) is 6.54. The van der Waals surface area contributed by atoms with Crippen molar-refractivity contribution in [3.05, 3.63) is 10.6 Å². The lowest BCUT2D eigenvalue weighted by Gasteiger charge is -2.26. The lowest BCUT2D eigenvalue weighted by Crippen LogP contribution is -2.34. The zero-order valence-corrected chi connectivity index (χ0v) is 12.5. The fraction of sp³-hybridized carbons (Fsp3) is 0.615. The van der Waals surface area contributed by atoms with Gasteiger partial charge in [-0.15, -0.1) is 0 Å². The van der Waals surface area contributed by atoms with Crippen LogP contribution in [-0.2, 0) is 6.42 Å². The van der Waals surface area contributed by atoms with Crippen LogP contribution < -0.4 is 4.90 Å². The van der Waals surface area contributed by atoms with Crippen molar-refractivity contribution in [2.45, 2.75) is 32.9 Å². The first-order chi connectivity index (χ1) is 9.28. The molecular weight excluding hydrogens is 278 g/mol. The zero-order valence-electron chi connectivity index (χ0n) is 11.7. The molecule has 2 amide bonds. The molecule has 1 fully saturated rings. The number of urea groups is 1. The van der Waals surface area contributed by atoms with E-state index in [2.05, 4.69) is 4.98 Å². The van der Waals surface area contributed by atoms with E-state index in [4.69, 9.17) is 0 Å². The Kier molecular flexibility index (Phi) is 2.88. The van der Waals surface area contributed by atoms with Gasteiger partial charge in [-0.05, 0) is 11.8 Å². The Morgan fingerprint density at radius 3 is 2.65 bits per heavy atom. The van der Waals surface area contributed by atoms with E-state index in [-0.39, 0.29) is 23.8 Å². The Balaban J connectivity index is 1.99. The first kappa shape index (κ1) is 13.5. The van der Waals surface area contributed by atoms with Gasteiger partial charge in [-0.2, -0.15) is 0 Å². The number of β-amino-alcohol motifs (C(OH)–C–C–N with tert-alkyl or cyclic N) is 1. The molecule has 7 heteroatoms. The fourth-order valence-corrected chi connectivity index (χ4v) is 3.79. The molecule has 20 heavy (non-hydrogen) atoms. The average molecular weight is 295 g/mol. The predicted molar refractivity (Wildman–Crippen MR) is 75.1 cm³/mol. The molecule has 1 unspecified atom stereocenters. The number of aliphatic hydroxyl groups is 1. The average Bonchev–Trinajstić information content (AvgIpc) is 2.80. The minimum atomic E-state index is -0.900. The molecule has 2 heterocycles. The monoisotopic (exact) mass is 295 g/mol. The van der Waals surface area contributed by atoms with Crippen molar-refractivity contribution in [1.29, 1.82) is 0 Å². The van der Waals surface area contributed by atoms with Gasteiger partial charge in [-0.3, -0.25) is 4.79 Å². The number of ketones is 1. The van der Waals surface area contributed by atoms with Crippen LogP contribution in [0.15, 0.2) is 0 Å². The molecule has 0 aromatic carbocycles. The summed E-state index contributed by atoms with van der Waals surface area (Å²) in [5.41, 5.74) is 0.653. The molecule has 3 rings (SSSR count). The van der Waals surface area contributed by atoms with Crippen molar-refractivity contribution in [1.82, 2.24) is 9.88 Å². The highest BCUT2D eigenvalue weighted by molar-refractivity contribution is 7.17. The summed E-state index contributed by atoms with van der Waals surface area (Å²) >= 11 is 1.21. The number of hydrogen-bond acceptors (Lipinski definition) is 5. The van der Waals surface area contributed by atoms with E-state index in [0.29, 0.717) is 16.4 Å². The van der Waals surface area contributed by atoms with Crippen LogP contribution in [0.4, 0.5) is 9.93 Å². The van der Waals surface area contributed by atoms with Crippen LogP contribution in [0.25, 0.3) is 0 Å². The standard InChI is InChI=1S/C13H17N3O3S/c1-13(2)4-7-10(8(17)5-13)20-11(14-7)16-9(18)6-15(3)12(16)19/h9,18H,4-6H2,1-3H3. The maximum Gasteiger partial charge on any atom is 0.328 e.